The van der Waals surface area contributed by atoms with E-state index in [0.717, 1.165) is 5.56 Å². The van der Waals surface area contributed by atoms with E-state index >= 15 is 0 Å². The number of ether oxygens (including phenoxy) is 1. The Morgan fingerprint density at radius 1 is 0.793 bits per heavy atom. The van der Waals surface area contributed by atoms with Gasteiger partial charge in [-0.15, -0.1) is 5.11 Å². The molecule has 4 N–H and O–H groups in total. The van der Waals surface area contributed by atoms with E-state index in [-0.39, 0.29) is 15.7 Å². The van der Waals surface area contributed by atoms with Crippen LogP contribution in [0.2, 0.25) is 0 Å². The summed E-state index contributed by atoms with van der Waals surface area (Å²) in [4.78, 5) is 4.08. The molecule has 0 aliphatic carbocycles. The second-order valence-corrected chi connectivity index (χ2v) is 7.06. The predicted octanol–water partition coefficient (Wildman–Crippen LogP) is 6.30. The van der Waals surface area contributed by atoms with Crippen molar-refractivity contribution in [1.29, 1.82) is 0 Å². The van der Waals surface area contributed by atoms with Crippen LogP contribution in [-0.4, -0.2) is 4.98 Å². The van der Waals surface area contributed by atoms with E-state index < -0.39 is 0 Å². The van der Waals surface area contributed by atoms with Gasteiger partial charge in [0.1, 0.15) is 5.82 Å². The standard InChI is InChI=1S/C22H20IN5O/c23-21(16-11-7-4-2-1-3-5-8-12-16)29-18-15-19(24)26-22(25)20(18)28-27-17-13-9-6-10-14-17/h1-15,21H,(H4,24,25,26)/b2-1?,3-1?,4-2?,5-3?,7-4?,8-5?,11-7?,12-8?,16-11?,16-12?,28-27+. The number of halogens is 1. The molecule has 0 saturated carbocycles. The van der Waals surface area contributed by atoms with Crippen LogP contribution in [0.5, 0.6) is 5.75 Å². The van der Waals surface area contributed by atoms with Crippen LogP contribution >= 0.6 is 22.6 Å². The fourth-order valence-electron chi connectivity index (χ4n) is 2.39. The van der Waals surface area contributed by atoms with Gasteiger partial charge in [-0.25, -0.2) is 4.98 Å². The molecule has 0 bridgehead atoms. The molecule has 0 saturated heterocycles. The van der Waals surface area contributed by atoms with Crippen LogP contribution in [0.25, 0.3) is 0 Å². The molecule has 7 heteroatoms. The Balaban J connectivity index is 1.93. The maximum atomic E-state index is 6.14. The molecule has 29 heavy (non-hydrogen) atoms. The molecule has 0 spiro atoms. The molecule has 1 atom stereocenters. The van der Waals surface area contributed by atoms with Gasteiger partial charge in [0.15, 0.2) is 21.4 Å². The summed E-state index contributed by atoms with van der Waals surface area (Å²) in [5.41, 5.74) is 13.9. The summed E-state index contributed by atoms with van der Waals surface area (Å²) in [5, 5.41) is 8.48. The van der Waals surface area contributed by atoms with Gasteiger partial charge >= 0.3 is 0 Å². The maximum Gasteiger partial charge on any atom is 0.174 e. The van der Waals surface area contributed by atoms with E-state index in [1.54, 1.807) is 6.07 Å². The van der Waals surface area contributed by atoms with Crippen LogP contribution < -0.4 is 16.2 Å². The van der Waals surface area contributed by atoms with Crippen LogP contribution in [0.3, 0.4) is 0 Å². The Morgan fingerprint density at radius 2 is 1.34 bits per heavy atom. The van der Waals surface area contributed by atoms with Crippen LogP contribution in [0, 0.1) is 0 Å². The lowest BCUT2D eigenvalue weighted by Crippen LogP contribution is -2.03. The van der Waals surface area contributed by atoms with Crippen molar-refractivity contribution >= 4 is 45.6 Å². The van der Waals surface area contributed by atoms with Crippen molar-refractivity contribution in [3.05, 3.63) is 96.6 Å². The number of benzene rings is 1. The highest BCUT2D eigenvalue weighted by molar-refractivity contribution is 14.1. The van der Waals surface area contributed by atoms with Crippen LogP contribution in [0.1, 0.15) is 9.67 Å². The molecule has 1 heterocycles. The molecule has 0 fully saturated rings. The van der Waals surface area contributed by atoms with E-state index in [4.69, 9.17) is 16.2 Å². The van der Waals surface area contributed by atoms with Gasteiger partial charge in [0.05, 0.1) is 5.69 Å². The lowest BCUT2D eigenvalue weighted by atomic mass is 10.2. The minimum atomic E-state index is -0.308. The van der Waals surface area contributed by atoms with Crippen molar-refractivity contribution in [1.82, 2.24) is 4.98 Å². The van der Waals surface area contributed by atoms with E-state index in [2.05, 4.69) is 37.8 Å². The van der Waals surface area contributed by atoms with Gasteiger partial charge in [-0.05, 0) is 34.7 Å². The Hall–Kier alpha value is -3.20. The van der Waals surface area contributed by atoms with Gasteiger partial charge in [-0.3, -0.25) is 0 Å². The zero-order chi connectivity index (χ0) is 20.5. The SMILES string of the molecule is Nc1cc(OC(I)c2ccccccccc2)c(/N=N/c2ccccc2)c(N)n1. The average molecular weight is 497 g/mol. The number of aromatic nitrogens is 1. The summed E-state index contributed by atoms with van der Waals surface area (Å²) in [6.45, 7) is 0. The largest absolute Gasteiger partial charge is 0.473 e. The number of hydrogen-bond donors (Lipinski definition) is 2. The number of hydrogen-bond acceptors (Lipinski definition) is 6. The molecule has 0 amide bonds. The van der Waals surface area contributed by atoms with Gasteiger partial charge in [0.25, 0.3) is 0 Å². The zero-order valence-electron chi connectivity index (χ0n) is 15.5. The Labute approximate surface area is 183 Å². The Morgan fingerprint density at radius 3 is 2.00 bits per heavy atom. The predicted molar refractivity (Wildman–Crippen MR) is 125 cm³/mol. The van der Waals surface area contributed by atoms with Gasteiger partial charge < -0.3 is 16.2 Å². The summed E-state index contributed by atoms with van der Waals surface area (Å²) in [7, 11) is 0. The van der Waals surface area contributed by atoms with Crippen molar-refractivity contribution in [2.75, 3.05) is 11.5 Å². The van der Waals surface area contributed by atoms with Crippen molar-refractivity contribution < 1.29 is 4.74 Å². The molecule has 6 nitrogen and oxygen atoms in total. The first-order valence-corrected chi connectivity index (χ1v) is 10.1. The first-order chi connectivity index (χ1) is 14.1. The average Bonchev–Trinajstić information content (AvgIpc) is 2.72. The summed E-state index contributed by atoms with van der Waals surface area (Å²) < 4.78 is 5.83. The highest BCUT2D eigenvalue weighted by atomic mass is 127. The van der Waals surface area contributed by atoms with Gasteiger partial charge in [-0.2, -0.15) is 5.11 Å². The maximum absolute atomic E-state index is 6.14. The third-order valence-corrected chi connectivity index (χ3v) is 4.74. The second-order valence-electron chi connectivity index (χ2n) is 5.93. The minimum Gasteiger partial charge on any atom is -0.473 e. The summed E-state index contributed by atoms with van der Waals surface area (Å²) in [6, 6.07) is 28.6. The molecule has 1 unspecified atom stereocenters. The smallest absolute Gasteiger partial charge is 0.174 e. The Bertz CT molecular complexity index is 1020. The lowest BCUT2D eigenvalue weighted by Gasteiger charge is -2.15. The third kappa shape index (κ3) is 6.15. The summed E-state index contributed by atoms with van der Waals surface area (Å²) in [6.07, 6.45) is 0. The van der Waals surface area contributed by atoms with E-state index in [1.165, 1.54) is 0 Å². The molecule has 0 radical (unpaired) electrons. The highest BCUT2D eigenvalue weighted by Gasteiger charge is 2.15. The first kappa shape index (κ1) is 20.5. The molecule has 0 aliphatic rings. The van der Waals surface area contributed by atoms with E-state index in [9.17, 15) is 0 Å². The number of nitrogens with zero attached hydrogens (tertiary/aromatic N) is 3. The van der Waals surface area contributed by atoms with Crippen molar-refractivity contribution in [3.63, 3.8) is 0 Å². The molecular weight excluding hydrogens is 477 g/mol. The normalized spacial score (nSPS) is 11.6. The second kappa shape index (κ2) is 10.4. The number of nitrogens with two attached hydrogens (primary N) is 2. The first-order valence-electron chi connectivity index (χ1n) is 8.85. The van der Waals surface area contributed by atoms with E-state index in [1.807, 2.05) is 84.9 Å². The topological polar surface area (TPSA) is 98.9 Å². The number of rotatable bonds is 5. The van der Waals surface area contributed by atoms with Crippen LogP contribution in [0.4, 0.5) is 23.0 Å². The van der Waals surface area contributed by atoms with Crippen LogP contribution in [0.15, 0.2) is 101 Å². The van der Waals surface area contributed by atoms with Crippen molar-refractivity contribution in [3.8, 4) is 5.75 Å². The third-order valence-electron chi connectivity index (χ3n) is 3.76. The molecule has 146 valence electrons. The molecule has 0 aliphatic heterocycles. The number of azo groups is 1. The van der Waals surface area contributed by atoms with Gasteiger partial charge in [0, 0.05) is 11.6 Å². The fourth-order valence-corrected chi connectivity index (χ4v) is 3.08. The highest BCUT2D eigenvalue weighted by Crippen LogP contribution is 2.39. The zero-order valence-corrected chi connectivity index (χ0v) is 17.7. The number of anilines is 2. The quantitative estimate of drug-likeness (QED) is 0.246. The van der Waals surface area contributed by atoms with Gasteiger partial charge in [0.2, 0.25) is 0 Å². The lowest BCUT2D eigenvalue weighted by molar-refractivity contribution is 0.312. The molecule has 3 aromatic rings. The summed E-state index contributed by atoms with van der Waals surface area (Å²) >= 11 is 2.20. The molecule has 3 rings (SSSR count). The fraction of sp³-hybridized carbons (Fsp3) is 0.0455. The molecule has 1 aromatic heterocycles. The van der Waals surface area contributed by atoms with Crippen molar-refractivity contribution in [2.24, 2.45) is 10.2 Å². The molecular formula is C22H20IN5O. The summed E-state index contributed by atoms with van der Waals surface area (Å²) in [5.74, 6) is 0.829. The molecule has 2 aromatic carbocycles. The van der Waals surface area contributed by atoms with E-state index in [0.29, 0.717) is 17.1 Å². The number of pyridine rings is 1. The minimum absolute atomic E-state index is 0.159. The van der Waals surface area contributed by atoms with Crippen molar-refractivity contribution in [2.45, 2.75) is 4.11 Å². The monoisotopic (exact) mass is 497 g/mol. The number of alkyl halides is 1. The van der Waals surface area contributed by atoms with Gasteiger partial charge in [-0.1, -0.05) is 72.8 Å². The Kier molecular flexibility index (Phi) is 7.34. The number of nitrogen functional groups attached to an aromatic ring is 2. The van der Waals surface area contributed by atoms with Crippen LogP contribution in [-0.2, 0) is 0 Å².